The molecule has 1 aromatic carbocycles. The third-order valence-electron chi connectivity index (χ3n) is 2.41. The second-order valence-electron chi connectivity index (χ2n) is 3.54. The van der Waals surface area contributed by atoms with Crippen molar-refractivity contribution in [2.24, 2.45) is 10.8 Å². The van der Waals surface area contributed by atoms with Gasteiger partial charge in [0.25, 0.3) is 0 Å². The largest absolute Gasteiger partial charge is 0.366 e. The molecule has 0 saturated heterocycles. The number of carbonyl (C=O) groups excluding carboxylic acids is 2. The number of hydrazone groups is 1. The number of nitrogens with zero attached hydrogens (tertiary/aromatic N) is 1. The summed E-state index contributed by atoms with van der Waals surface area (Å²) in [7, 11) is 0. The maximum absolute atomic E-state index is 10.9. The zero-order chi connectivity index (χ0) is 11.5. The quantitative estimate of drug-likeness (QED) is 0.751. The Hall–Kier alpha value is -2.17. The van der Waals surface area contributed by atoms with Gasteiger partial charge >= 0.3 is 0 Å². The number of rotatable bonds is 2. The lowest BCUT2D eigenvalue weighted by molar-refractivity contribution is -0.121. The van der Waals surface area contributed by atoms with Gasteiger partial charge in [0.2, 0.25) is 11.8 Å². The number of nitrogens with two attached hydrogens (primary N) is 1. The Morgan fingerprint density at radius 1 is 1.25 bits per heavy atom. The van der Waals surface area contributed by atoms with Crippen LogP contribution < -0.4 is 11.2 Å². The summed E-state index contributed by atoms with van der Waals surface area (Å²) < 4.78 is 0. The summed E-state index contributed by atoms with van der Waals surface area (Å²) in [6.45, 7) is 0. The van der Waals surface area contributed by atoms with Crippen LogP contribution in [0.25, 0.3) is 0 Å². The molecule has 3 N–H and O–H groups in total. The van der Waals surface area contributed by atoms with E-state index in [1.165, 1.54) is 0 Å². The maximum atomic E-state index is 10.9. The zero-order valence-electron chi connectivity index (χ0n) is 8.56. The number of benzene rings is 1. The SMILES string of the molecule is NC(=O)c1ccc(C2=NNC(=O)CC2)cc1. The van der Waals surface area contributed by atoms with Gasteiger partial charge in [-0.2, -0.15) is 5.10 Å². The highest BCUT2D eigenvalue weighted by atomic mass is 16.2. The van der Waals surface area contributed by atoms with Crippen LogP contribution in [-0.2, 0) is 4.79 Å². The Labute approximate surface area is 92.3 Å². The third-order valence-corrected chi connectivity index (χ3v) is 2.41. The predicted octanol–water partition coefficient (Wildman–Crippen LogP) is 0.400. The van der Waals surface area contributed by atoms with Gasteiger partial charge < -0.3 is 5.73 Å². The second-order valence-corrected chi connectivity index (χ2v) is 3.54. The van der Waals surface area contributed by atoms with Gasteiger partial charge in [0, 0.05) is 18.4 Å². The monoisotopic (exact) mass is 217 g/mol. The van der Waals surface area contributed by atoms with Crippen LogP contribution in [0.1, 0.15) is 28.8 Å². The van der Waals surface area contributed by atoms with Crippen molar-refractivity contribution < 1.29 is 9.59 Å². The highest BCUT2D eigenvalue weighted by Gasteiger charge is 2.13. The summed E-state index contributed by atoms with van der Waals surface area (Å²) in [5.74, 6) is -0.525. The Morgan fingerprint density at radius 3 is 2.44 bits per heavy atom. The van der Waals surface area contributed by atoms with Gasteiger partial charge in [-0.25, -0.2) is 5.43 Å². The molecule has 5 nitrogen and oxygen atoms in total. The van der Waals surface area contributed by atoms with Crippen LogP contribution in [0.15, 0.2) is 29.4 Å². The van der Waals surface area contributed by atoms with Crippen LogP contribution in [-0.4, -0.2) is 17.5 Å². The van der Waals surface area contributed by atoms with Crippen molar-refractivity contribution in [2.45, 2.75) is 12.8 Å². The van der Waals surface area contributed by atoms with Crippen molar-refractivity contribution in [2.75, 3.05) is 0 Å². The molecule has 0 saturated carbocycles. The van der Waals surface area contributed by atoms with Crippen molar-refractivity contribution >= 4 is 17.5 Å². The zero-order valence-corrected chi connectivity index (χ0v) is 8.56. The first-order valence-electron chi connectivity index (χ1n) is 4.92. The van der Waals surface area contributed by atoms with Gasteiger partial charge in [-0.3, -0.25) is 9.59 Å². The van der Waals surface area contributed by atoms with Crippen molar-refractivity contribution in [3.8, 4) is 0 Å². The maximum Gasteiger partial charge on any atom is 0.248 e. The molecule has 0 radical (unpaired) electrons. The molecule has 2 amide bonds. The van der Waals surface area contributed by atoms with Gasteiger partial charge in [0.1, 0.15) is 0 Å². The number of primary amides is 1. The Bertz CT molecular complexity index is 463. The van der Waals surface area contributed by atoms with E-state index < -0.39 is 5.91 Å². The van der Waals surface area contributed by atoms with E-state index in [1.807, 2.05) is 0 Å². The molecule has 16 heavy (non-hydrogen) atoms. The lowest BCUT2D eigenvalue weighted by atomic mass is 10.0. The first kappa shape index (κ1) is 10.4. The molecule has 82 valence electrons. The summed E-state index contributed by atoms with van der Waals surface area (Å²) in [6, 6.07) is 6.85. The fourth-order valence-corrected chi connectivity index (χ4v) is 1.51. The Balaban J connectivity index is 2.22. The van der Waals surface area contributed by atoms with Gasteiger partial charge in [-0.05, 0) is 17.7 Å². The third kappa shape index (κ3) is 2.08. The number of nitrogens with one attached hydrogen (secondary N) is 1. The molecule has 0 aromatic heterocycles. The van der Waals surface area contributed by atoms with Gasteiger partial charge in [-0.1, -0.05) is 12.1 Å². The van der Waals surface area contributed by atoms with E-state index in [0.29, 0.717) is 18.4 Å². The van der Waals surface area contributed by atoms with Crippen LogP contribution >= 0.6 is 0 Å². The molecule has 2 rings (SSSR count). The molecule has 0 fully saturated rings. The van der Waals surface area contributed by atoms with Gasteiger partial charge in [0.05, 0.1) is 5.71 Å². The van der Waals surface area contributed by atoms with E-state index in [2.05, 4.69) is 10.5 Å². The molecule has 1 aromatic rings. The van der Waals surface area contributed by atoms with Crippen LogP contribution in [0.5, 0.6) is 0 Å². The number of hydrogen-bond donors (Lipinski definition) is 2. The van der Waals surface area contributed by atoms with Gasteiger partial charge in [0.15, 0.2) is 0 Å². The smallest absolute Gasteiger partial charge is 0.248 e. The van der Waals surface area contributed by atoms with Crippen molar-refractivity contribution in [3.05, 3.63) is 35.4 Å². The highest BCUT2D eigenvalue weighted by Crippen LogP contribution is 2.11. The van der Waals surface area contributed by atoms with Crippen LogP contribution in [0, 0.1) is 0 Å². The Morgan fingerprint density at radius 2 is 1.94 bits per heavy atom. The van der Waals surface area contributed by atoms with Gasteiger partial charge in [-0.15, -0.1) is 0 Å². The van der Waals surface area contributed by atoms with Crippen molar-refractivity contribution in [1.82, 2.24) is 5.43 Å². The number of hydrogen-bond acceptors (Lipinski definition) is 3. The highest BCUT2D eigenvalue weighted by molar-refractivity contribution is 6.04. The normalized spacial score (nSPS) is 15.2. The summed E-state index contributed by atoms with van der Waals surface area (Å²) in [6.07, 6.45) is 1.05. The van der Waals surface area contributed by atoms with Crippen molar-refractivity contribution in [1.29, 1.82) is 0 Å². The van der Waals surface area contributed by atoms with Crippen LogP contribution in [0.2, 0.25) is 0 Å². The Kier molecular flexibility index (Phi) is 2.68. The summed E-state index contributed by atoms with van der Waals surface area (Å²) in [5, 5.41) is 3.96. The average molecular weight is 217 g/mol. The molecule has 1 aliphatic rings. The molecule has 0 atom stereocenters. The molecule has 1 heterocycles. The minimum atomic E-state index is -0.453. The molecule has 5 heteroatoms. The minimum absolute atomic E-state index is 0.0718. The number of carbonyl (C=O) groups is 2. The lowest BCUT2D eigenvalue weighted by Crippen LogP contribution is -2.25. The van der Waals surface area contributed by atoms with E-state index in [9.17, 15) is 9.59 Å². The first-order valence-corrected chi connectivity index (χ1v) is 4.92. The molecular weight excluding hydrogens is 206 g/mol. The topological polar surface area (TPSA) is 84.6 Å². The van der Waals surface area contributed by atoms with E-state index in [0.717, 1.165) is 11.3 Å². The van der Waals surface area contributed by atoms with Crippen LogP contribution in [0.3, 0.4) is 0 Å². The van der Waals surface area contributed by atoms with E-state index in [1.54, 1.807) is 24.3 Å². The molecule has 0 spiro atoms. The minimum Gasteiger partial charge on any atom is -0.366 e. The van der Waals surface area contributed by atoms with E-state index >= 15 is 0 Å². The summed E-state index contributed by atoms with van der Waals surface area (Å²) in [5.41, 5.74) is 9.73. The predicted molar refractivity (Wildman–Crippen MR) is 58.9 cm³/mol. The van der Waals surface area contributed by atoms with Crippen molar-refractivity contribution in [3.63, 3.8) is 0 Å². The van der Waals surface area contributed by atoms with E-state index in [-0.39, 0.29) is 5.91 Å². The average Bonchev–Trinajstić information content (AvgIpc) is 2.30. The lowest BCUT2D eigenvalue weighted by Gasteiger charge is -2.11. The fraction of sp³-hybridized carbons (Fsp3) is 0.182. The summed E-state index contributed by atoms with van der Waals surface area (Å²) >= 11 is 0. The molecule has 0 bridgehead atoms. The fourth-order valence-electron chi connectivity index (χ4n) is 1.51. The number of amides is 2. The molecule has 1 aliphatic heterocycles. The molecular formula is C11H11N3O2. The van der Waals surface area contributed by atoms with E-state index in [4.69, 9.17) is 5.73 Å². The molecule has 0 aliphatic carbocycles. The first-order chi connectivity index (χ1) is 7.66. The standard InChI is InChI=1S/C11H11N3O2/c12-11(16)8-3-1-7(2-4-8)9-5-6-10(15)14-13-9/h1-4H,5-6H2,(H2,12,16)(H,14,15). The van der Waals surface area contributed by atoms with Crippen LogP contribution in [0.4, 0.5) is 0 Å². The molecule has 0 unspecified atom stereocenters. The summed E-state index contributed by atoms with van der Waals surface area (Å²) in [4.78, 5) is 21.8. The second kappa shape index (κ2) is 4.14.